The summed E-state index contributed by atoms with van der Waals surface area (Å²) in [6.07, 6.45) is 0.114. The third kappa shape index (κ3) is 6.24. The Balaban J connectivity index is 1.76. The summed E-state index contributed by atoms with van der Waals surface area (Å²) in [5.41, 5.74) is 2.69. The zero-order valence-electron chi connectivity index (χ0n) is 15.5. The summed E-state index contributed by atoms with van der Waals surface area (Å²) in [5.74, 6) is 0.387. The molecule has 0 unspecified atom stereocenters. The topological polar surface area (TPSA) is 64.6 Å². The SMILES string of the molecule is CCOc1ccc(CC(=O)OCC(=O)Nc2ccc(C(C)C)cc2)cc1. The molecule has 0 atom stereocenters. The minimum Gasteiger partial charge on any atom is -0.494 e. The molecule has 0 aromatic heterocycles. The van der Waals surface area contributed by atoms with Gasteiger partial charge in [-0.15, -0.1) is 0 Å². The molecule has 1 amide bonds. The molecule has 0 aliphatic carbocycles. The van der Waals surface area contributed by atoms with Gasteiger partial charge in [0.15, 0.2) is 6.61 Å². The maximum absolute atomic E-state index is 11.9. The Bertz CT molecular complexity index is 721. The molecule has 2 aromatic rings. The first-order chi connectivity index (χ1) is 12.5. The van der Waals surface area contributed by atoms with Gasteiger partial charge < -0.3 is 14.8 Å². The van der Waals surface area contributed by atoms with Crippen LogP contribution >= 0.6 is 0 Å². The molecule has 0 aliphatic rings. The van der Waals surface area contributed by atoms with Crippen molar-refractivity contribution >= 4 is 17.6 Å². The lowest BCUT2D eigenvalue weighted by atomic mass is 10.0. The zero-order chi connectivity index (χ0) is 18.9. The fraction of sp³-hybridized carbons (Fsp3) is 0.333. The van der Waals surface area contributed by atoms with Crippen LogP contribution in [-0.4, -0.2) is 25.1 Å². The second-order valence-corrected chi connectivity index (χ2v) is 6.24. The van der Waals surface area contributed by atoms with E-state index >= 15 is 0 Å². The van der Waals surface area contributed by atoms with Crippen molar-refractivity contribution in [2.45, 2.75) is 33.1 Å². The number of benzene rings is 2. The molecular weight excluding hydrogens is 330 g/mol. The molecule has 0 saturated carbocycles. The summed E-state index contributed by atoms with van der Waals surface area (Å²) >= 11 is 0. The summed E-state index contributed by atoms with van der Waals surface area (Å²) < 4.78 is 10.4. The molecule has 5 nitrogen and oxygen atoms in total. The van der Waals surface area contributed by atoms with E-state index < -0.39 is 5.97 Å². The summed E-state index contributed by atoms with van der Waals surface area (Å²) in [7, 11) is 0. The van der Waals surface area contributed by atoms with Crippen LogP contribution in [-0.2, 0) is 20.7 Å². The molecule has 2 rings (SSSR count). The molecular formula is C21H25NO4. The van der Waals surface area contributed by atoms with Gasteiger partial charge in [-0.25, -0.2) is 0 Å². The predicted molar refractivity (Wildman–Crippen MR) is 101 cm³/mol. The van der Waals surface area contributed by atoms with Gasteiger partial charge in [0.25, 0.3) is 5.91 Å². The molecule has 0 aliphatic heterocycles. The molecule has 138 valence electrons. The highest BCUT2D eigenvalue weighted by atomic mass is 16.5. The van der Waals surface area contributed by atoms with Crippen molar-refractivity contribution < 1.29 is 19.1 Å². The van der Waals surface area contributed by atoms with E-state index in [2.05, 4.69) is 19.2 Å². The smallest absolute Gasteiger partial charge is 0.310 e. The molecule has 0 radical (unpaired) electrons. The van der Waals surface area contributed by atoms with Crippen molar-refractivity contribution in [1.82, 2.24) is 0 Å². The van der Waals surface area contributed by atoms with E-state index in [1.807, 2.05) is 43.3 Å². The van der Waals surface area contributed by atoms with Gasteiger partial charge in [-0.05, 0) is 48.2 Å². The first-order valence-electron chi connectivity index (χ1n) is 8.75. The molecule has 1 N–H and O–H groups in total. The van der Waals surface area contributed by atoms with Crippen molar-refractivity contribution in [2.24, 2.45) is 0 Å². The van der Waals surface area contributed by atoms with Crippen LogP contribution in [0.3, 0.4) is 0 Å². The third-order valence-corrected chi connectivity index (χ3v) is 3.81. The minimum absolute atomic E-state index is 0.114. The maximum atomic E-state index is 11.9. The Hall–Kier alpha value is -2.82. The lowest BCUT2D eigenvalue weighted by Crippen LogP contribution is -2.21. The number of hydrogen-bond donors (Lipinski definition) is 1. The number of rotatable bonds is 8. The summed E-state index contributed by atoms with van der Waals surface area (Å²) in [6.45, 7) is 6.42. The van der Waals surface area contributed by atoms with Gasteiger partial charge in [0.05, 0.1) is 13.0 Å². The average Bonchev–Trinajstić information content (AvgIpc) is 2.62. The van der Waals surface area contributed by atoms with Crippen LogP contribution < -0.4 is 10.1 Å². The number of carbonyl (C=O) groups is 2. The number of amides is 1. The Morgan fingerprint density at radius 2 is 1.65 bits per heavy atom. The fourth-order valence-corrected chi connectivity index (χ4v) is 2.38. The first kappa shape index (κ1) is 19.5. The van der Waals surface area contributed by atoms with Crippen molar-refractivity contribution in [1.29, 1.82) is 0 Å². The fourth-order valence-electron chi connectivity index (χ4n) is 2.38. The lowest BCUT2D eigenvalue weighted by molar-refractivity contribution is -0.146. The first-order valence-corrected chi connectivity index (χ1v) is 8.75. The number of ether oxygens (including phenoxy) is 2. The van der Waals surface area contributed by atoms with E-state index in [0.717, 1.165) is 11.3 Å². The summed E-state index contributed by atoms with van der Waals surface area (Å²) in [5, 5.41) is 2.72. The Labute approximate surface area is 154 Å². The monoisotopic (exact) mass is 355 g/mol. The number of carbonyl (C=O) groups excluding carboxylic acids is 2. The molecule has 0 spiro atoms. The Morgan fingerprint density at radius 1 is 1.00 bits per heavy atom. The van der Waals surface area contributed by atoms with Crippen molar-refractivity contribution in [3.05, 3.63) is 59.7 Å². The standard InChI is InChI=1S/C21H25NO4/c1-4-25-19-11-5-16(6-12-19)13-21(24)26-14-20(23)22-18-9-7-17(8-10-18)15(2)3/h5-12,15H,4,13-14H2,1-3H3,(H,22,23). The highest BCUT2D eigenvalue weighted by molar-refractivity contribution is 5.92. The molecule has 2 aromatic carbocycles. The normalized spacial score (nSPS) is 10.5. The highest BCUT2D eigenvalue weighted by Crippen LogP contribution is 2.17. The van der Waals surface area contributed by atoms with E-state index in [1.165, 1.54) is 5.56 Å². The van der Waals surface area contributed by atoms with Crippen molar-refractivity contribution in [3.8, 4) is 5.75 Å². The maximum Gasteiger partial charge on any atom is 0.310 e. The quantitative estimate of drug-likeness (QED) is 0.729. The van der Waals surface area contributed by atoms with Gasteiger partial charge in [0, 0.05) is 5.69 Å². The summed E-state index contributed by atoms with van der Waals surface area (Å²) in [6, 6.07) is 14.9. The van der Waals surface area contributed by atoms with E-state index in [1.54, 1.807) is 12.1 Å². The molecule has 26 heavy (non-hydrogen) atoms. The molecule has 0 heterocycles. The Kier molecular flexibility index (Phi) is 7.21. The van der Waals surface area contributed by atoms with Gasteiger partial charge in [0.1, 0.15) is 5.75 Å². The van der Waals surface area contributed by atoms with Crippen LogP contribution in [0.1, 0.15) is 37.8 Å². The highest BCUT2D eigenvalue weighted by Gasteiger charge is 2.09. The number of anilines is 1. The lowest BCUT2D eigenvalue weighted by Gasteiger charge is -2.09. The van der Waals surface area contributed by atoms with Gasteiger partial charge in [-0.3, -0.25) is 9.59 Å². The molecule has 0 bridgehead atoms. The van der Waals surface area contributed by atoms with E-state index in [0.29, 0.717) is 18.2 Å². The van der Waals surface area contributed by atoms with Crippen LogP contribution in [0, 0.1) is 0 Å². The molecule has 0 saturated heterocycles. The number of esters is 1. The van der Waals surface area contributed by atoms with Crippen LogP contribution in [0.2, 0.25) is 0 Å². The molecule has 5 heteroatoms. The number of nitrogens with one attached hydrogen (secondary N) is 1. The largest absolute Gasteiger partial charge is 0.494 e. The molecule has 0 fully saturated rings. The van der Waals surface area contributed by atoms with Gasteiger partial charge in [-0.2, -0.15) is 0 Å². The van der Waals surface area contributed by atoms with Crippen LogP contribution in [0.4, 0.5) is 5.69 Å². The second-order valence-electron chi connectivity index (χ2n) is 6.24. The van der Waals surface area contributed by atoms with Gasteiger partial charge >= 0.3 is 5.97 Å². The van der Waals surface area contributed by atoms with Crippen molar-refractivity contribution in [3.63, 3.8) is 0 Å². The summed E-state index contributed by atoms with van der Waals surface area (Å²) in [4.78, 5) is 23.8. The van der Waals surface area contributed by atoms with Crippen LogP contribution in [0.5, 0.6) is 5.75 Å². The van der Waals surface area contributed by atoms with Crippen LogP contribution in [0.25, 0.3) is 0 Å². The second kappa shape index (κ2) is 9.61. The predicted octanol–water partition coefficient (Wildman–Crippen LogP) is 3.93. The van der Waals surface area contributed by atoms with E-state index in [4.69, 9.17) is 9.47 Å². The number of hydrogen-bond acceptors (Lipinski definition) is 4. The minimum atomic E-state index is -0.445. The van der Waals surface area contributed by atoms with Gasteiger partial charge in [-0.1, -0.05) is 38.1 Å². The third-order valence-electron chi connectivity index (χ3n) is 3.81. The Morgan fingerprint density at radius 3 is 2.23 bits per heavy atom. The van der Waals surface area contributed by atoms with E-state index in [9.17, 15) is 9.59 Å². The van der Waals surface area contributed by atoms with E-state index in [-0.39, 0.29) is 18.9 Å². The zero-order valence-corrected chi connectivity index (χ0v) is 15.5. The van der Waals surface area contributed by atoms with Crippen LogP contribution in [0.15, 0.2) is 48.5 Å². The van der Waals surface area contributed by atoms with Gasteiger partial charge in [0.2, 0.25) is 0 Å². The average molecular weight is 355 g/mol. The van der Waals surface area contributed by atoms with Crippen molar-refractivity contribution in [2.75, 3.05) is 18.5 Å².